The Labute approximate surface area is 161 Å². The van der Waals surface area contributed by atoms with Gasteiger partial charge in [-0.25, -0.2) is 0 Å². The number of rotatable bonds is 6. The molecule has 0 bridgehead atoms. The van der Waals surface area contributed by atoms with Crippen LogP contribution in [0.5, 0.6) is 0 Å². The van der Waals surface area contributed by atoms with Gasteiger partial charge in [0, 0.05) is 13.1 Å². The van der Waals surface area contributed by atoms with Gasteiger partial charge in [-0.3, -0.25) is 4.57 Å². The quantitative estimate of drug-likeness (QED) is 0.598. The first-order valence-electron chi connectivity index (χ1n) is 9.04. The topological polar surface area (TPSA) is 82.1 Å². The van der Waals surface area contributed by atoms with Crippen molar-refractivity contribution in [1.82, 2.24) is 24.9 Å². The number of aryl methyl sites for hydroxylation is 2. The van der Waals surface area contributed by atoms with E-state index in [0.29, 0.717) is 30.7 Å². The maximum Gasteiger partial charge on any atom is 0.237 e. The first kappa shape index (κ1) is 18.0. The van der Waals surface area contributed by atoms with E-state index in [1.165, 1.54) is 5.56 Å². The van der Waals surface area contributed by atoms with Gasteiger partial charge in [0.15, 0.2) is 11.0 Å². The molecule has 142 valence electrons. The first-order valence-corrected chi connectivity index (χ1v) is 10.0. The molecule has 27 heavy (non-hydrogen) atoms. The molecule has 1 aliphatic heterocycles. The highest BCUT2D eigenvalue weighted by molar-refractivity contribution is 7.98. The Balaban J connectivity index is 1.68. The fraction of sp³-hybridized carbons (Fsp3) is 0.444. The minimum Gasteiger partial charge on any atom is -0.378 e. The van der Waals surface area contributed by atoms with Gasteiger partial charge in [-0.2, -0.15) is 4.98 Å². The van der Waals surface area contributed by atoms with E-state index in [-0.39, 0.29) is 0 Å². The van der Waals surface area contributed by atoms with Crippen molar-refractivity contribution in [1.29, 1.82) is 0 Å². The number of morpholine rings is 1. The molecule has 1 fully saturated rings. The summed E-state index contributed by atoms with van der Waals surface area (Å²) < 4.78 is 12.8. The maximum absolute atomic E-state index is 5.49. The van der Waals surface area contributed by atoms with Crippen LogP contribution < -0.4 is 4.90 Å². The summed E-state index contributed by atoms with van der Waals surface area (Å²) in [5, 5.41) is 13.6. The number of ether oxygens (including phenoxy) is 1. The van der Waals surface area contributed by atoms with Crippen molar-refractivity contribution in [3.63, 3.8) is 0 Å². The fourth-order valence-corrected chi connectivity index (χ4v) is 3.77. The van der Waals surface area contributed by atoms with Gasteiger partial charge >= 0.3 is 0 Å². The third kappa shape index (κ3) is 3.98. The van der Waals surface area contributed by atoms with Gasteiger partial charge in [-0.15, -0.1) is 10.2 Å². The lowest BCUT2D eigenvalue weighted by molar-refractivity contribution is 0.122. The van der Waals surface area contributed by atoms with Gasteiger partial charge in [0.05, 0.1) is 24.7 Å². The van der Waals surface area contributed by atoms with Crippen molar-refractivity contribution in [2.75, 3.05) is 31.2 Å². The lowest BCUT2D eigenvalue weighted by Crippen LogP contribution is -2.37. The largest absolute Gasteiger partial charge is 0.378 e. The molecule has 1 aliphatic rings. The zero-order valence-electron chi connectivity index (χ0n) is 15.5. The number of aromatic nitrogens is 5. The Morgan fingerprint density at radius 1 is 1.19 bits per heavy atom. The highest BCUT2D eigenvalue weighted by Crippen LogP contribution is 2.29. The molecule has 0 aliphatic carbocycles. The summed E-state index contributed by atoms with van der Waals surface area (Å²) >= 11 is 1.54. The smallest absolute Gasteiger partial charge is 0.237 e. The highest BCUT2D eigenvalue weighted by Gasteiger charge is 2.22. The molecule has 8 nitrogen and oxygen atoms in total. The van der Waals surface area contributed by atoms with Crippen LogP contribution in [0.25, 0.3) is 5.69 Å². The molecule has 0 N–H and O–H groups in total. The summed E-state index contributed by atoms with van der Waals surface area (Å²) in [5.41, 5.74) is 2.34. The molecule has 1 aromatic carbocycles. The average molecular weight is 386 g/mol. The van der Waals surface area contributed by atoms with Gasteiger partial charge in [-0.05, 0) is 31.0 Å². The van der Waals surface area contributed by atoms with Crippen molar-refractivity contribution in [3.05, 3.63) is 41.5 Å². The van der Waals surface area contributed by atoms with Crippen LogP contribution in [0, 0.1) is 6.92 Å². The minimum absolute atomic E-state index is 0.551. The average Bonchev–Trinajstić information content (AvgIpc) is 3.33. The molecule has 0 saturated carbocycles. The van der Waals surface area contributed by atoms with Gasteiger partial charge in [0.1, 0.15) is 0 Å². The van der Waals surface area contributed by atoms with Crippen molar-refractivity contribution in [2.24, 2.45) is 0 Å². The van der Waals surface area contributed by atoms with E-state index in [9.17, 15) is 0 Å². The lowest BCUT2D eigenvalue weighted by Gasteiger charge is -2.28. The van der Waals surface area contributed by atoms with Crippen molar-refractivity contribution >= 4 is 17.7 Å². The molecular formula is C18H22N6O2S. The first-order chi connectivity index (χ1) is 13.2. The van der Waals surface area contributed by atoms with E-state index in [1.807, 2.05) is 6.92 Å². The minimum atomic E-state index is 0.551. The second-order valence-corrected chi connectivity index (χ2v) is 7.21. The standard InChI is InChI=1S/C18H22N6O2S/c1-3-14-5-4-6-15(11-14)24-17(23-7-9-25-10-8-23)20-21-18(24)27-12-16-19-13(2)22-26-16/h4-6,11H,3,7-10,12H2,1-2H3. The molecule has 1 saturated heterocycles. The van der Waals surface area contributed by atoms with Gasteiger partial charge in [-0.1, -0.05) is 36.0 Å². The molecular weight excluding hydrogens is 364 g/mol. The third-order valence-electron chi connectivity index (χ3n) is 4.38. The Morgan fingerprint density at radius 3 is 2.78 bits per heavy atom. The Morgan fingerprint density at radius 2 is 2.04 bits per heavy atom. The molecule has 0 unspecified atom stereocenters. The Hall–Kier alpha value is -2.39. The third-order valence-corrected chi connectivity index (χ3v) is 5.30. The lowest BCUT2D eigenvalue weighted by atomic mass is 10.1. The molecule has 9 heteroatoms. The summed E-state index contributed by atoms with van der Waals surface area (Å²) in [4.78, 5) is 6.49. The molecule has 0 amide bonds. The highest BCUT2D eigenvalue weighted by atomic mass is 32.2. The predicted molar refractivity (Wildman–Crippen MR) is 102 cm³/mol. The second kappa shape index (κ2) is 8.10. The van der Waals surface area contributed by atoms with Gasteiger partial charge < -0.3 is 14.2 Å². The van der Waals surface area contributed by atoms with E-state index in [0.717, 1.165) is 36.3 Å². The number of thioether (sulfide) groups is 1. The van der Waals surface area contributed by atoms with Gasteiger partial charge in [0.25, 0.3) is 0 Å². The monoisotopic (exact) mass is 386 g/mol. The van der Waals surface area contributed by atoms with Crippen LogP contribution in [0.4, 0.5) is 5.95 Å². The zero-order valence-corrected chi connectivity index (χ0v) is 16.3. The van der Waals surface area contributed by atoms with Crippen LogP contribution in [0.15, 0.2) is 33.9 Å². The van der Waals surface area contributed by atoms with Crippen LogP contribution in [-0.2, 0) is 16.9 Å². The second-order valence-electron chi connectivity index (χ2n) is 6.26. The summed E-state index contributed by atoms with van der Waals surface area (Å²) in [7, 11) is 0. The molecule has 3 aromatic rings. The number of benzene rings is 1. The van der Waals surface area contributed by atoms with Crippen molar-refractivity contribution in [3.8, 4) is 5.69 Å². The van der Waals surface area contributed by atoms with E-state index >= 15 is 0 Å². The Bertz CT molecular complexity index is 903. The van der Waals surface area contributed by atoms with Crippen molar-refractivity contribution < 1.29 is 9.26 Å². The van der Waals surface area contributed by atoms with E-state index in [1.54, 1.807) is 11.8 Å². The number of nitrogens with zero attached hydrogens (tertiary/aromatic N) is 6. The van der Waals surface area contributed by atoms with Gasteiger partial charge in [0.2, 0.25) is 11.8 Å². The number of hydrogen-bond acceptors (Lipinski definition) is 8. The molecule has 0 spiro atoms. The summed E-state index contributed by atoms with van der Waals surface area (Å²) in [6.45, 7) is 6.98. The van der Waals surface area contributed by atoms with E-state index in [2.05, 4.69) is 61.0 Å². The van der Waals surface area contributed by atoms with Crippen LogP contribution in [0.2, 0.25) is 0 Å². The normalized spacial score (nSPS) is 14.7. The maximum atomic E-state index is 5.49. The molecule has 0 atom stereocenters. The number of hydrogen-bond donors (Lipinski definition) is 0. The van der Waals surface area contributed by atoms with E-state index < -0.39 is 0 Å². The van der Waals surface area contributed by atoms with Crippen LogP contribution >= 0.6 is 11.8 Å². The van der Waals surface area contributed by atoms with Crippen LogP contribution in [0.1, 0.15) is 24.2 Å². The summed E-state index contributed by atoms with van der Waals surface area (Å²) in [5.74, 6) is 2.62. The summed E-state index contributed by atoms with van der Waals surface area (Å²) in [6.07, 6.45) is 0.979. The molecule has 4 rings (SSSR count). The SMILES string of the molecule is CCc1cccc(-n2c(SCc3nc(C)no3)nnc2N2CCOCC2)c1. The zero-order chi connectivity index (χ0) is 18.6. The molecule has 3 heterocycles. The fourth-order valence-electron chi connectivity index (χ4n) is 2.99. The molecule has 2 aromatic heterocycles. The van der Waals surface area contributed by atoms with Crippen LogP contribution in [-0.4, -0.2) is 51.2 Å². The Kier molecular flexibility index (Phi) is 5.40. The number of anilines is 1. The molecule has 0 radical (unpaired) electrons. The predicted octanol–water partition coefficient (Wildman–Crippen LogP) is 2.65. The van der Waals surface area contributed by atoms with Crippen LogP contribution in [0.3, 0.4) is 0 Å². The van der Waals surface area contributed by atoms with Crippen molar-refractivity contribution in [2.45, 2.75) is 31.2 Å². The summed E-state index contributed by atoms with van der Waals surface area (Å²) in [6, 6.07) is 8.49. The van der Waals surface area contributed by atoms with E-state index in [4.69, 9.17) is 9.26 Å².